The molecule has 0 bridgehead atoms. The van der Waals surface area contributed by atoms with Crippen molar-refractivity contribution in [2.24, 2.45) is 5.41 Å². The van der Waals surface area contributed by atoms with Gasteiger partial charge in [-0.25, -0.2) is 0 Å². The molecule has 1 atom stereocenters. The van der Waals surface area contributed by atoms with Crippen LogP contribution in [0.15, 0.2) is 30.3 Å². The molecule has 1 spiro atoms. The first kappa shape index (κ1) is 12.4. The van der Waals surface area contributed by atoms with Crippen molar-refractivity contribution in [3.05, 3.63) is 35.9 Å². The molecule has 1 saturated heterocycles. The fourth-order valence-corrected chi connectivity index (χ4v) is 3.63. The van der Waals surface area contributed by atoms with E-state index in [1.807, 2.05) is 6.07 Å². The molecule has 1 aliphatic heterocycles. The molecule has 0 unspecified atom stereocenters. The van der Waals surface area contributed by atoms with Crippen LogP contribution < -0.4 is 10.6 Å². The van der Waals surface area contributed by atoms with Crippen molar-refractivity contribution in [3.63, 3.8) is 0 Å². The van der Waals surface area contributed by atoms with Gasteiger partial charge in [-0.1, -0.05) is 30.3 Å². The van der Waals surface area contributed by atoms with E-state index in [-0.39, 0.29) is 17.5 Å². The summed E-state index contributed by atoms with van der Waals surface area (Å²) >= 11 is 0. The Morgan fingerprint density at radius 1 is 1.10 bits per heavy atom. The van der Waals surface area contributed by atoms with Crippen molar-refractivity contribution < 1.29 is 4.79 Å². The van der Waals surface area contributed by atoms with Gasteiger partial charge in [0.05, 0.1) is 11.6 Å². The largest absolute Gasteiger partial charge is 0.345 e. The Labute approximate surface area is 120 Å². The van der Waals surface area contributed by atoms with E-state index in [1.54, 1.807) is 0 Å². The van der Waals surface area contributed by atoms with Gasteiger partial charge >= 0.3 is 0 Å². The number of amides is 1. The van der Waals surface area contributed by atoms with Crippen molar-refractivity contribution in [3.8, 4) is 0 Å². The Kier molecular flexibility index (Phi) is 2.68. The summed E-state index contributed by atoms with van der Waals surface area (Å²) in [4.78, 5) is 12.6. The highest BCUT2D eigenvalue weighted by Crippen LogP contribution is 2.54. The monoisotopic (exact) mass is 270 g/mol. The third kappa shape index (κ3) is 2.14. The quantitative estimate of drug-likeness (QED) is 0.885. The number of benzene rings is 1. The van der Waals surface area contributed by atoms with E-state index in [1.165, 1.54) is 24.8 Å². The number of hydrogen-bond acceptors (Lipinski definition) is 2. The Hall–Kier alpha value is -1.35. The van der Waals surface area contributed by atoms with Crippen molar-refractivity contribution in [1.82, 2.24) is 10.6 Å². The molecule has 2 N–H and O–H groups in total. The third-order valence-electron chi connectivity index (χ3n) is 5.40. The van der Waals surface area contributed by atoms with Crippen LogP contribution in [-0.4, -0.2) is 18.5 Å². The zero-order chi connectivity index (χ0) is 13.6. The third-order valence-corrected chi connectivity index (χ3v) is 5.40. The van der Waals surface area contributed by atoms with Crippen molar-refractivity contribution >= 4 is 5.91 Å². The molecule has 0 radical (unpaired) electrons. The predicted molar refractivity (Wildman–Crippen MR) is 78.2 cm³/mol. The maximum absolute atomic E-state index is 12.6. The first-order valence-electron chi connectivity index (χ1n) is 7.83. The van der Waals surface area contributed by atoms with Gasteiger partial charge in [-0.15, -0.1) is 0 Å². The minimum atomic E-state index is -0.0752. The van der Waals surface area contributed by atoms with E-state index in [0.717, 1.165) is 25.8 Å². The molecular formula is C17H22N2O. The second-order valence-electron chi connectivity index (χ2n) is 6.90. The molecule has 2 aliphatic carbocycles. The van der Waals surface area contributed by atoms with Crippen LogP contribution in [0.1, 0.15) is 44.1 Å². The number of piperidine rings is 1. The Morgan fingerprint density at radius 2 is 1.85 bits per heavy atom. The molecule has 3 nitrogen and oxygen atoms in total. The summed E-state index contributed by atoms with van der Waals surface area (Å²) in [5.41, 5.74) is 1.69. The first-order chi connectivity index (χ1) is 9.72. The highest BCUT2D eigenvalue weighted by molar-refractivity contribution is 5.83. The number of hydrogen-bond donors (Lipinski definition) is 2. The van der Waals surface area contributed by atoms with Crippen molar-refractivity contribution in [2.75, 3.05) is 6.54 Å². The van der Waals surface area contributed by atoms with Gasteiger partial charge < -0.3 is 10.6 Å². The molecule has 3 heteroatoms. The van der Waals surface area contributed by atoms with E-state index in [9.17, 15) is 4.79 Å². The van der Waals surface area contributed by atoms with Gasteiger partial charge in [-0.05, 0) is 56.0 Å². The number of carbonyl (C=O) groups excluding carboxylic acids is 1. The first-order valence-corrected chi connectivity index (χ1v) is 7.83. The van der Waals surface area contributed by atoms with Crippen molar-refractivity contribution in [2.45, 2.75) is 50.1 Å². The number of carbonyl (C=O) groups is 1. The van der Waals surface area contributed by atoms with Gasteiger partial charge in [0.15, 0.2) is 0 Å². The summed E-state index contributed by atoms with van der Waals surface area (Å²) in [5.74, 6) is 0.206. The SMILES string of the molecule is O=C(NC1(c2ccccc2)CC1)[C@H]1CC2(CCN1)CC2. The summed E-state index contributed by atoms with van der Waals surface area (Å²) in [5, 5.41) is 6.72. The topological polar surface area (TPSA) is 41.1 Å². The van der Waals surface area contributed by atoms with Gasteiger partial charge in [-0.3, -0.25) is 4.79 Å². The maximum atomic E-state index is 12.6. The van der Waals surface area contributed by atoms with Crippen LogP contribution in [0.2, 0.25) is 0 Å². The molecule has 3 aliphatic rings. The van der Waals surface area contributed by atoms with Gasteiger partial charge in [-0.2, -0.15) is 0 Å². The molecule has 1 aromatic carbocycles. The number of nitrogens with one attached hydrogen (secondary N) is 2. The zero-order valence-electron chi connectivity index (χ0n) is 11.8. The van der Waals surface area contributed by atoms with E-state index < -0.39 is 0 Å². The maximum Gasteiger partial charge on any atom is 0.237 e. The lowest BCUT2D eigenvalue weighted by atomic mass is 9.89. The molecule has 3 fully saturated rings. The second kappa shape index (κ2) is 4.32. The second-order valence-corrected chi connectivity index (χ2v) is 6.90. The molecule has 1 aromatic rings. The van der Waals surface area contributed by atoms with E-state index in [4.69, 9.17) is 0 Å². The predicted octanol–water partition coefficient (Wildman–Crippen LogP) is 2.32. The van der Waals surface area contributed by atoms with E-state index in [0.29, 0.717) is 5.41 Å². The molecule has 20 heavy (non-hydrogen) atoms. The summed E-state index contributed by atoms with van der Waals surface area (Å²) < 4.78 is 0. The van der Waals surface area contributed by atoms with Crippen LogP contribution >= 0.6 is 0 Å². The molecule has 106 valence electrons. The van der Waals surface area contributed by atoms with Crippen molar-refractivity contribution in [1.29, 1.82) is 0 Å². The fourth-order valence-electron chi connectivity index (χ4n) is 3.63. The summed E-state index contributed by atoms with van der Waals surface area (Å²) in [6, 6.07) is 10.4. The van der Waals surface area contributed by atoms with Crippen LogP contribution in [-0.2, 0) is 10.3 Å². The zero-order valence-corrected chi connectivity index (χ0v) is 11.8. The lowest BCUT2D eigenvalue weighted by Crippen LogP contribution is -2.51. The summed E-state index contributed by atoms with van der Waals surface area (Å²) in [6.07, 6.45) is 7.07. The Balaban J connectivity index is 1.45. The summed E-state index contributed by atoms with van der Waals surface area (Å²) in [6.45, 7) is 0.996. The normalized spacial score (nSPS) is 28.9. The fraction of sp³-hybridized carbons (Fsp3) is 0.588. The molecule has 1 amide bonds. The van der Waals surface area contributed by atoms with Gasteiger partial charge in [0.1, 0.15) is 0 Å². The Morgan fingerprint density at radius 3 is 2.50 bits per heavy atom. The van der Waals surface area contributed by atoms with Crippen LogP contribution in [0.25, 0.3) is 0 Å². The van der Waals surface area contributed by atoms with Crippen LogP contribution in [0.5, 0.6) is 0 Å². The Bertz CT molecular complexity index is 517. The van der Waals surface area contributed by atoms with Crippen LogP contribution in [0.4, 0.5) is 0 Å². The van der Waals surface area contributed by atoms with Gasteiger partial charge in [0, 0.05) is 0 Å². The van der Waals surface area contributed by atoms with Gasteiger partial charge in [0.2, 0.25) is 5.91 Å². The molecular weight excluding hydrogens is 248 g/mol. The lowest BCUT2D eigenvalue weighted by Gasteiger charge is -2.31. The molecule has 2 saturated carbocycles. The van der Waals surface area contributed by atoms with Gasteiger partial charge in [0.25, 0.3) is 0 Å². The average molecular weight is 270 g/mol. The minimum absolute atomic E-state index is 0.0208. The summed E-state index contributed by atoms with van der Waals surface area (Å²) in [7, 11) is 0. The average Bonchev–Trinajstić information content (AvgIpc) is 3.40. The highest BCUT2D eigenvalue weighted by atomic mass is 16.2. The molecule has 1 heterocycles. The van der Waals surface area contributed by atoms with Crippen LogP contribution in [0.3, 0.4) is 0 Å². The standard InChI is InChI=1S/C17H22N2O/c20-15(14-12-16(6-7-16)10-11-18-14)19-17(8-9-17)13-4-2-1-3-5-13/h1-5,14,18H,6-12H2,(H,19,20)/t14-/m1/s1. The molecule has 4 rings (SSSR count). The van der Waals surface area contributed by atoms with Crippen LogP contribution in [0, 0.1) is 5.41 Å². The van der Waals surface area contributed by atoms with E-state index >= 15 is 0 Å². The van der Waals surface area contributed by atoms with E-state index in [2.05, 4.69) is 34.9 Å². The highest BCUT2D eigenvalue weighted by Gasteiger charge is 2.50. The molecule has 0 aromatic heterocycles. The lowest BCUT2D eigenvalue weighted by molar-refractivity contribution is -0.125. The number of rotatable bonds is 3. The smallest absolute Gasteiger partial charge is 0.237 e. The minimum Gasteiger partial charge on any atom is -0.345 e.